The van der Waals surface area contributed by atoms with Gasteiger partial charge in [0.1, 0.15) is 10.6 Å². The van der Waals surface area contributed by atoms with E-state index >= 15 is 0 Å². The summed E-state index contributed by atoms with van der Waals surface area (Å²) in [5.74, 6) is -0.801. The summed E-state index contributed by atoms with van der Waals surface area (Å²) in [5, 5.41) is -0.326. The number of fused-ring (bicyclic) bond motifs is 1. The summed E-state index contributed by atoms with van der Waals surface area (Å²) in [6.07, 6.45) is -4.73. The molecule has 21 heavy (non-hydrogen) atoms. The Morgan fingerprint density at radius 3 is 2.57 bits per heavy atom. The highest BCUT2D eigenvalue weighted by molar-refractivity contribution is 7.21. The Kier molecular flexibility index (Phi) is 4.34. The summed E-state index contributed by atoms with van der Waals surface area (Å²) >= 11 is 6.56. The Labute approximate surface area is 127 Å². The Hall–Kier alpha value is -1.47. The first-order valence-electron chi connectivity index (χ1n) is 5.84. The second-order valence-corrected chi connectivity index (χ2v) is 5.41. The van der Waals surface area contributed by atoms with E-state index in [1.54, 1.807) is 6.92 Å². The number of hydrogen-bond donors (Lipinski definition) is 0. The van der Waals surface area contributed by atoms with Crippen LogP contribution < -0.4 is 4.74 Å². The highest BCUT2D eigenvalue weighted by Crippen LogP contribution is 2.48. The quantitative estimate of drug-likeness (QED) is 0.757. The first-order valence-corrected chi connectivity index (χ1v) is 7.04. The third kappa shape index (κ3) is 2.80. The van der Waals surface area contributed by atoms with Gasteiger partial charge in [0, 0.05) is 5.39 Å². The van der Waals surface area contributed by atoms with Crippen LogP contribution in [0.5, 0.6) is 5.75 Å². The molecule has 0 unspecified atom stereocenters. The number of thiophene rings is 1. The molecule has 0 bridgehead atoms. The van der Waals surface area contributed by atoms with Crippen molar-refractivity contribution in [1.82, 2.24) is 0 Å². The Morgan fingerprint density at radius 2 is 2.05 bits per heavy atom. The number of carbonyl (C=O) groups excluding carboxylic acids is 1. The number of halogens is 4. The molecule has 8 heteroatoms. The number of esters is 1. The van der Waals surface area contributed by atoms with Gasteiger partial charge >= 0.3 is 12.1 Å². The Morgan fingerprint density at radius 1 is 1.38 bits per heavy atom. The highest BCUT2D eigenvalue weighted by Gasteiger charge is 2.41. The molecule has 0 N–H and O–H groups in total. The van der Waals surface area contributed by atoms with Gasteiger partial charge in [-0.15, -0.1) is 11.3 Å². The zero-order chi connectivity index (χ0) is 15.8. The number of methoxy groups -OCH3 is 1. The smallest absolute Gasteiger partial charge is 0.418 e. The van der Waals surface area contributed by atoms with E-state index in [1.165, 1.54) is 12.1 Å². The van der Waals surface area contributed by atoms with Crippen LogP contribution in [0.2, 0.25) is 5.02 Å². The van der Waals surface area contributed by atoms with E-state index in [2.05, 4.69) is 4.74 Å². The molecular weight excluding hydrogens is 329 g/mol. The first-order chi connectivity index (χ1) is 9.81. The molecule has 114 valence electrons. The maximum absolute atomic E-state index is 13.3. The number of benzene rings is 1. The van der Waals surface area contributed by atoms with Gasteiger partial charge in [0.05, 0.1) is 29.0 Å². The van der Waals surface area contributed by atoms with Crippen molar-refractivity contribution in [3.8, 4) is 5.75 Å². The van der Waals surface area contributed by atoms with Crippen LogP contribution in [0.15, 0.2) is 12.1 Å². The lowest BCUT2D eigenvalue weighted by Crippen LogP contribution is -2.11. The fourth-order valence-electron chi connectivity index (χ4n) is 1.92. The topological polar surface area (TPSA) is 35.5 Å². The van der Waals surface area contributed by atoms with E-state index in [0.29, 0.717) is 11.3 Å². The van der Waals surface area contributed by atoms with Crippen LogP contribution in [0.1, 0.15) is 22.2 Å². The molecule has 1 aromatic carbocycles. The van der Waals surface area contributed by atoms with Crippen molar-refractivity contribution in [3.05, 3.63) is 27.6 Å². The van der Waals surface area contributed by atoms with Crippen molar-refractivity contribution in [2.75, 3.05) is 13.7 Å². The SMILES string of the molecule is CCOc1ccc(Cl)c2c(C(F)(F)F)c(C(=O)OC)sc12. The lowest BCUT2D eigenvalue weighted by molar-refractivity contribution is -0.136. The molecule has 0 fully saturated rings. The third-order valence-corrected chi connectivity index (χ3v) is 4.21. The molecule has 0 saturated carbocycles. The fraction of sp³-hybridized carbons (Fsp3) is 0.308. The summed E-state index contributed by atoms with van der Waals surface area (Å²) in [7, 11) is 1.03. The predicted octanol–water partition coefficient (Wildman–Crippen LogP) is 4.76. The zero-order valence-corrected chi connectivity index (χ0v) is 12.6. The summed E-state index contributed by atoms with van der Waals surface area (Å²) in [4.78, 5) is 11.1. The van der Waals surface area contributed by atoms with E-state index in [0.717, 1.165) is 7.11 Å². The van der Waals surface area contributed by atoms with Crippen LogP contribution in [0.3, 0.4) is 0 Å². The summed E-state index contributed by atoms with van der Waals surface area (Å²) < 4.78 is 49.8. The van der Waals surface area contributed by atoms with E-state index in [1.807, 2.05) is 0 Å². The normalized spacial score (nSPS) is 11.7. The molecule has 3 nitrogen and oxygen atoms in total. The molecule has 0 aliphatic carbocycles. The molecule has 0 saturated heterocycles. The summed E-state index contributed by atoms with van der Waals surface area (Å²) in [6.45, 7) is 1.99. The highest BCUT2D eigenvalue weighted by atomic mass is 35.5. The van der Waals surface area contributed by atoms with E-state index in [9.17, 15) is 18.0 Å². The second-order valence-electron chi connectivity index (χ2n) is 3.98. The van der Waals surface area contributed by atoms with Gasteiger partial charge < -0.3 is 9.47 Å². The van der Waals surface area contributed by atoms with Gasteiger partial charge in [-0.3, -0.25) is 0 Å². The molecule has 0 aliphatic rings. The molecule has 0 spiro atoms. The lowest BCUT2D eigenvalue weighted by atomic mass is 10.1. The minimum Gasteiger partial charge on any atom is -0.492 e. The minimum atomic E-state index is -4.73. The van der Waals surface area contributed by atoms with Crippen LogP contribution >= 0.6 is 22.9 Å². The van der Waals surface area contributed by atoms with E-state index in [-0.39, 0.29) is 27.5 Å². The van der Waals surface area contributed by atoms with Gasteiger partial charge in [0.25, 0.3) is 0 Å². The van der Waals surface area contributed by atoms with Gasteiger partial charge in [-0.1, -0.05) is 11.6 Å². The Balaban J connectivity index is 2.88. The zero-order valence-electron chi connectivity index (χ0n) is 11.0. The predicted molar refractivity (Wildman–Crippen MR) is 74.3 cm³/mol. The third-order valence-electron chi connectivity index (χ3n) is 2.71. The van der Waals surface area contributed by atoms with Gasteiger partial charge in [0.2, 0.25) is 0 Å². The van der Waals surface area contributed by atoms with Gasteiger partial charge in [0.15, 0.2) is 0 Å². The molecule has 1 aromatic heterocycles. The number of hydrogen-bond acceptors (Lipinski definition) is 4. The number of ether oxygens (including phenoxy) is 2. The van der Waals surface area contributed by atoms with E-state index in [4.69, 9.17) is 16.3 Å². The van der Waals surface area contributed by atoms with Gasteiger partial charge in [-0.05, 0) is 19.1 Å². The van der Waals surface area contributed by atoms with Crippen LogP contribution in [-0.4, -0.2) is 19.7 Å². The fourth-order valence-corrected chi connectivity index (χ4v) is 3.46. The minimum absolute atomic E-state index is 0.0906. The maximum Gasteiger partial charge on any atom is 0.418 e. The summed E-state index contributed by atoms with van der Waals surface area (Å²) in [5.41, 5.74) is -1.08. The van der Waals surface area contributed by atoms with Crippen molar-refractivity contribution < 1.29 is 27.4 Å². The molecule has 0 aliphatic heterocycles. The lowest BCUT2D eigenvalue weighted by Gasteiger charge is -2.09. The molecule has 1 heterocycles. The molecule has 0 atom stereocenters. The summed E-state index contributed by atoms with van der Waals surface area (Å²) in [6, 6.07) is 2.80. The van der Waals surface area contributed by atoms with Crippen molar-refractivity contribution >= 4 is 39.0 Å². The van der Waals surface area contributed by atoms with Crippen LogP contribution in [-0.2, 0) is 10.9 Å². The average Bonchev–Trinajstić information content (AvgIpc) is 2.82. The molecule has 2 aromatic rings. The van der Waals surface area contributed by atoms with Crippen molar-refractivity contribution in [1.29, 1.82) is 0 Å². The molecular formula is C13H10ClF3O3S. The van der Waals surface area contributed by atoms with Crippen LogP contribution in [0.4, 0.5) is 13.2 Å². The maximum atomic E-state index is 13.3. The first kappa shape index (κ1) is 15.9. The Bertz CT molecular complexity index is 694. The van der Waals surface area contributed by atoms with Gasteiger partial charge in [-0.2, -0.15) is 13.2 Å². The standard InChI is InChI=1S/C13H10ClF3O3S/c1-3-20-7-5-4-6(14)8-9(13(15,16)17)11(12(18)19-2)21-10(7)8/h4-5H,3H2,1-2H3. The largest absolute Gasteiger partial charge is 0.492 e. The van der Waals surface area contributed by atoms with E-state index < -0.39 is 22.6 Å². The molecule has 2 rings (SSSR count). The monoisotopic (exact) mass is 338 g/mol. The van der Waals surface area contributed by atoms with Crippen molar-refractivity contribution in [3.63, 3.8) is 0 Å². The average molecular weight is 339 g/mol. The van der Waals surface area contributed by atoms with Crippen molar-refractivity contribution in [2.24, 2.45) is 0 Å². The van der Waals surface area contributed by atoms with Crippen LogP contribution in [0.25, 0.3) is 10.1 Å². The number of rotatable bonds is 3. The van der Waals surface area contributed by atoms with Crippen molar-refractivity contribution in [2.45, 2.75) is 13.1 Å². The second kappa shape index (κ2) is 5.73. The number of carbonyl (C=O) groups is 1. The van der Waals surface area contributed by atoms with Gasteiger partial charge in [-0.25, -0.2) is 4.79 Å². The number of alkyl halides is 3. The molecule has 0 radical (unpaired) electrons. The van der Waals surface area contributed by atoms with Crippen LogP contribution in [0, 0.1) is 0 Å². The molecule has 0 amide bonds.